The van der Waals surface area contributed by atoms with E-state index in [1.54, 1.807) is 68.9 Å². The molecular formula is C32H22F2N4O4. The van der Waals surface area contributed by atoms with E-state index in [4.69, 9.17) is 14.2 Å². The molecule has 8 nitrogen and oxygen atoms in total. The largest absolute Gasteiger partial charge is 0.493 e. The summed E-state index contributed by atoms with van der Waals surface area (Å²) in [6.45, 7) is 0. The highest BCUT2D eigenvalue weighted by atomic mass is 19.1. The van der Waals surface area contributed by atoms with E-state index in [0.717, 1.165) is 17.0 Å². The summed E-state index contributed by atoms with van der Waals surface area (Å²) in [7, 11) is 3.13. The third-order valence-corrected chi connectivity index (χ3v) is 6.72. The van der Waals surface area contributed by atoms with Gasteiger partial charge in [0.15, 0.2) is 11.5 Å². The highest BCUT2D eigenvalue weighted by Crippen LogP contribution is 2.39. The Kier molecular flexibility index (Phi) is 7.02. The van der Waals surface area contributed by atoms with Gasteiger partial charge in [-0.2, -0.15) is 13.8 Å². The van der Waals surface area contributed by atoms with Gasteiger partial charge in [0.1, 0.15) is 11.5 Å². The Morgan fingerprint density at radius 2 is 1.48 bits per heavy atom. The molecule has 2 heterocycles. The van der Waals surface area contributed by atoms with Crippen molar-refractivity contribution in [3.8, 4) is 34.1 Å². The van der Waals surface area contributed by atoms with Gasteiger partial charge in [-0.25, -0.2) is 4.98 Å². The molecular weight excluding hydrogens is 542 g/mol. The molecule has 0 aliphatic heterocycles. The number of aromatic nitrogens is 3. The molecule has 6 rings (SSSR count). The molecule has 0 saturated heterocycles. The van der Waals surface area contributed by atoms with Crippen LogP contribution in [0.25, 0.3) is 32.8 Å². The fourth-order valence-corrected chi connectivity index (χ4v) is 4.69. The molecule has 0 unspecified atom stereocenters. The maximum Gasteiger partial charge on any atom is 0.311 e. The minimum absolute atomic E-state index is 0.0513. The minimum atomic E-state index is -1.14. The van der Waals surface area contributed by atoms with E-state index in [-0.39, 0.29) is 11.5 Å². The Morgan fingerprint density at radius 3 is 2.24 bits per heavy atom. The van der Waals surface area contributed by atoms with E-state index < -0.39 is 12.0 Å². The predicted molar refractivity (Wildman–Crippen MR) is 154 cm³/mol. The predicted octanol–water partition coefficient (Wildman–Crippen LogP) is 7.19. The Bertz CT molecular complexity index is 1970. The highest BCUT2D eigenvalue weighted by Gasteiger charge is 2.16. The number of carbonyl (C=O) groups excluding carboxylic acids is 1. The van der Waals surface area contributed by atoms with Crippen molar-refractivity contribution in [1.29, 1.82) is 0 Å². The van der Waals surface area contributed by atoms with Gasteiger partial charge in [-0.15, -0.1) is 0 Å². The lowest BCUT2D eigenvalue weighted by atomic mass is 10.0. The summed E-state index contributed by atoms with van der Waals surface area (Å²) in [6, 6.07) is 22.6. The Balaban J connectivity index is 1.29. The second-order valence-corrected chi connectivity index (χ2v) is 9.17. The second-order valence-electron chi connectivity index (χ2n) is 9.17. The topological polar surface area (TPSA) is 95.5 Å². The highest BCUT2D eigenvalue weighted by molar-refractivity contribution is 6.13. The molecule has 1 amide bonds. The standard InChI is InChI=1S/C32H22F2N4O4/c1-40-28-15-23-25(16-29(28)41-2)35-14-13-27(23)42-26-8-4-5-20-21(26)6-3-7-22(20)31(39)37-19-11-9-18(10-12-19)24-17-36-32(34)38-30(24)33/h3-17H,1-2H3,(H,37,39). The number of anilines is 1. The number of methoxy groups -OCH3 is 2. The lowest BCUT2D eigenvalue weighted by Gasteiger charge is -2.14. The molecule has 0 aliphatic rings. The summed E-state index contributed by atoms with van der Waals surface area (Å²) in [5.74, 6) is 0.911. The molecule has 4 aromatic carbocycles. The zero-order chi connectivity index (χ0) is 29.2. The first-order valence-electron chi connectivity index (χ1n) is 12.8. The van der Waals surface area contributed by atoms with E-state index in [1.807, 2.05) is 30.3 Å². The molecule has 2 aromatic heterocycles. The number of carbonyl (C=O) groups is 1. The number of amides is 1. The normalized spacial score (nSPS) is 11.0. The van der Waals surface area contributed by atoms with Crippen molar-refractivity contribution in [2.24, 2.45) is 0 Å². The monoisotopic (exact) mass is 564 g/mol. The van der Waals surface area contributed by atoms with Crippen LogP contribution in [0.3, 0.4) is 0 Å². The third kappa shape index (κ3) is 5.01. The smallest absolute Gasteiger partial charge is 0.311 e. The van der Waals surface area contributed by atoms with E-state index in [9.17, 15) is 13.6 Å². The number of nitrogens with one attached hydrogen (secondary N) is 1. The molecule has 208 valence electrons. The van der Waals surface area contributed by atoms with Crippen LogP contribution < -0.4 is 19.5 Å². The second kappa shape index (κ2) is 11.1. The van der Waals surface area contributed by atoms with Crippen LogP contribution >= 0.6 is 0 Å². The van der Waals surface area contributed by atoms with E-state index in [2.05, 4.69) is 20.3 Å². The van der Waals surface area contributed by atoms with Crippen molar-refractivity contribution in [2.75, 3.05) is 19.5 Å². The van der Waals surface area contributed by atoms with Crippen molar-refractivity contribution in [2.45, 2.75) is 0 Å². The maximum atomic E-state index is 14.0. The van der Waals surface area contributed by atoms with Crippen LogP contribution in [0.4, 0.5) is 14.5 Å². The molecule has 42 heavy (non-hydrogen) atoms. The van der Waals surface area contributed by atoms with Crippen molar-refractivity contribution < 1.29 is 27.8 Å². The van der Waals surface area contributed by atoms with Crippen molar-refractivity contribution in [3.63, 3.8) is 0 Å². The number of pyridine rings is 1. The van der Waals surface area contributed by atoms with E-state index >= 15 is 0 Å². The van der Waals surface area contributed by atoms with Gasteiger partial charge in [0.25, 0.3) is 5.91 Å². The summed E-state index contributed by atoms with van der Waals surface area (Å²) in [4.78, 5) is 24.3. The molecule has 0 saturated carbocycles. The molecule has 0 bridgehead atoms. The van der Waals surface area contributed by atoms with Gasteiger partial charge in [0.2, 0.25) is 5.95 Å². The van der Waals surface area contributed by atoms with Gasteiger partial charge in [-0.1, -0.05) is 36.4 Å². The number of rotatable bonds is 7. The third-order valence-electron chi connectivity index (χ3n) is 6.72. The van der Waals surface area contributed by atoms with Crippen molar-refractivity contribution in [1.82, 2.24) is 15.0 Å². The molecule has 10 heteroatoms. The van der Waals surface area contributed by atoms with Gasteiger partial charge < -0.3 is 19.5 Å². The molecule has 6 aromatic rings. The SMILES string of the molecule is COc1cc2nccc(Oc3cccc4c(C(=O)Nc5ccc(-c6cnc(F)nc6F)cc5)cccc34)c2cc1OC. The summed E-state index contributed by atoms with van der Waals surface area (Å²) in [6.07, 6.45) is 1.58. The van der Waals surface area contributed by atoms with E-state index in [1.165, 1.54) is 0 Å². The molecule has 0 spiro atoms. The molecule has 0 aliphatic carbocycles. The van der Waals surface area contributed by atoms with Gasteiger partial charge in [0.05, 0.1) is 25.3 Å². The zero-order valence-electron chi connectivity index (χ0n) is 22.4. The van der Waals surface area contributed by atoms with Crippen molar-refractivity contribution in [3.05, 3.63) is 109 Å². The first-order chi connectivity index (χ1) is 20.4. The van der Waals surface area contributed by atoms with Gasteiger partial charge in [-0.3, -0.25) is 9.78 Å². The number of ether oxygens (including phenoxy) is 3. The van der Waals surface area contributed by atoms with Crippen LogP contribution in [0, 0.1) is 12.0 Å². The van der Waals surface area contributed by atoms with E-state index in [0.29, 0.717) is 50.7 Å². The quantitative estimate of drug-likeness (QED) is 0.162. The lowest BCUT2D eigenvalue weighted by molar-refractivity contribution is 0.102. The number of benzene rings is 4. The van der Waals surface area contributed by atoms with Gasteiger partial charge >= 0.3 is 6.08 Å². The molecule has 1 N–H and O–H groups in total. The first kappa shape index (κ1) is 26.6. The van der Waals surface area contributed by atoms with Crippen LogP contribution in [0.5, 0.6) is 23.0 Å². The number of fused-ring (bicyclic) bond motifs is 2. The molecule has 0 fully saturated rings. The summed E-state index contributed by atoms with van der Waals surface area (Å²) < 4.78 is 44.3. The summed E-state index contributed by atoms with van der Waals surface area (Å²) in [5.41, 5.74) is 2.09. The molecule has 0 radical (unpaired) electrons. The number of hydrogen-bond acceptors (Lipinski definition) is 7. The average Bonchev–Trinajstić information content (AvgIpc) is 3.01. The summed E-state index contributed by atoms with van der Waals surface area (Å²) in [5, 5.41) is 5.03. The van der Waals surface area contributed by atoms with Crippen LogP contribution in [0.2, 0.25) is 0 Å². The number of halogens is 2. The first-order valence-corrected chi connectivity index (χ1v) is 12.8. The minimum Gasteiger partial charge on any atom is -0.493 e. The van der Waals surface area contributed by atoms with Crippen LogP contribution in [0.1, 0.15) is 10.4 Å². The fourth-order valence-electron chi connectivity index (χ4n) is 4.69. The Hall–Kier alpha value is -5.64. The lowest BCUT2D eigenvalue weighted by Crippen LogP contribution is -2.12. The summed E-state index contributed by atoms with van der Waals surface area (Å²) >= 11 is 0. The van der Waals surface area contributed by atoms with Gasteiger partial charge in [-0.05, 0) is 47.3 Å². The number of hydrogen-bond donors (Lipinski definition) is 1. The molecule has 0 atom stereocenters. The Morgan fingerprint density at radius 1 is 0.762 bits per heavy atom. The van der Waals surface area contributed by atoms with Crippen LogP contribution in [0.15, 0.2) is 91.3 Å². The maximum absolute atomic E-state index is 14.0. The van der Waals surface area contributed by atoms with Crippen LogP contribution in [-0.4, -0.2) is 35.1 Å². The zero-order valence-corrected chi connectivity index (χ0v) is 22.4. The average molecular weight is 565 g/mol. The number of nitrogens with zero attached hydrogens (tertiary/aromatic N) is 3. The van der Waals surface area contributed by atoms with Crippen molar-refractivity contribution >= 4 is 33.3 Å². The fraction of sp³-hybridized carbons (Fsp3) is 0.0625. The van der Waals surface area contributed by atoms with Crippen LogP contribution in [-0.2, 0) is 0 Å². The Labute approximate surface area is 238 Å². The van der Waals surface area contributed by atoms with Gasteiger partial charge in [0, 0.05) is 40.5 Å².